The van der Waals surface area contributed by atoms with Gasteiger partial charge in [0, 0.05) is 31.7 Å². The topological polar surface area (TPSA) is 41.6 Å². The Kier molecular flexibility index (Phi) is 5.37. The van der Waals surface area contributed by atoms with Crippen molar-refractivity contribution in [3.8, 4) is 5.75 Å². The van der Waals surface area contributed by atoms with E-state index in [-0.39, 0.29) is 5.78 Å². The summed E-state index contributed by atoms with van der Waals surface area (Å²) in [7, 11) is 0. The Morgan fingerprint density at radius 2 is 1.90 bits per heavy atom. The van der Waals surface area contributed by atoms with Crippen LogP contribution in [-0.4, -0.2) is 50.0 Å². The Morgan fingerprint density at radius 1 is 1.24 bits per heavy atom. The van der Waals surface area contributed by atoms with Crippen LogP contribution in [0.2, 0.25) is 0 Å². The van der Waals surface area contributed by atoms with Gasteiger partial charge in [0.05, 0.1) is 13.2 Å². The van der Waals surface area contributed by atoms with Crippen LogP contribution in [0.15, 0.2) is 6.07 Å². The molecule has 21 heavy (non-hydrogen) atoms. The van der Waals surface area contributed by atoms with Gasteiger partial charge in [-0.15, -0.1) is 0 Å². The molecule has 1 saturated heterocycles. The van der Waals surface area contributed by atoms with Gasteiger partial charge >= 0.3 is 0 Å². The van der Waals surface area contributed by atoms with Gasteiger partial charge in [0.15, 0.2) is 5.78 Å². The number of aryl methyl sites for hydroxylation is 1. The zero-order chi connectivity index (χ0) is 15.4. The third-order valence-corrected chi connectivity index (χ3v) is 4.20. The van der Waals surface area contributed by atoms with Crippen LogP contribution in [0.3, 0.4) is 0 Å². The van der Waals surface area contributed by atoms with Crippen molar-refractivity contribution >= 4 is 5.78 Å². The second-order valence-electron chi connectivity index (χ2n) is 5.70. The van der Waals surface area contributed by atoms with Crippen LogP contribution in [0.4, 0.5) is 0 Å². The molecule has 0 aromatic heterocycles. The summed E-state index contributed by atoms with van der Waals surface area (Å²) < 4.78 is 5.65. The number of Topliss-reactive ketones (excluding diaryl/α,β-unsaturated/α-hetero) is 1. The predicted octanol–water partition coefficient (Wildman–Crippen LogP) is 2.10. The van der Waals surface area contributed by atoms with Gasteiger partial charge in [-0.25, -0.2) is 0 Å². The van der Waals surface area contributed by atoms with E-state index in [0.29, 0.717) is 13.2 Å². The summed E-state index contributed by atoms with van der Waals surface area (Å²) in [6.07, 6.45) is 0. The molecule has 0 amide bonds. The zero-order valence-electron chi connectivity index (χ0n) is 13.6. The van der Waals surface area contributed by atoms with E-state index in [1.54, 1.807) is 0 Å². The molecule has 0 bridgehead atoms. The van der Waals surface area contributed by atoms with Gasteiger partial charge in [0.1, 0.15) is 5.75 Å². The molecular weight excluding hydrogens is 264 g/mol. The largest absolute Gasteiger partial charge is 0.494 e. The van der Waals surface area contributed by atoms with Crippen molar-refractivity contribution in [2.75, 3.05) is 39.3 Å². The van der Waals surface area contributed by atoms with E-state index < -0.39 is 0 Å². The lowest BCUT2D eigenvalue weighted by molar-refractivity contribution is 0.0920. The van der Waals surface area contributed by atoms with E-state index in [1.165, 1.54) is 0 Å². The summed E-state index contributed by atoms with van der Waals surface area (Å²) in [5, 5.41) is 3.31. The molecule has 1 aromatic carbocycles. The number of piperazine rings is 1. The number of nitrogens with zero attached hydrogens (tertiary/aromatic N) is 1. The van der Waals surface area contributed by atoms with Gasteiger partial charge in [0.2, 0.25) is 0 Å². The van der Waals surface area contributed by atoms with Crippen molar-refractivity contribution in [3.63, 3.8) is 0 Å². The summed E-state index contributed by atoms with van der Waals surface area (Å²) >= 11 is 0. The first-order chi connectivity index (χ1) is 10.0. The number of carbonyl (C=O) groups is 1. The number of rotatable bonds is 5. The number of carbonyl (C=O) groups excluding carboxylic acids is 1. The van der Waals surface area contributed by atoms with Crippen LogP contribution in [0.25, 0.3) is 0 Å². The number of ether oxygens (including phenoxy) is 1. The number of hydrogen-bond donors (Lipinski definition) is 1. The van der Waals surface area contributed by atoms with E-state index in [9.17, 15) is 4.79 Å². The molecule has 0 saturated carbocycles. The Bertz CT molecular complexity index is 520. The third-order valence-electron chi connectivity index (χ3n) is 4.20. The van der Waals surface area contributed by atoms with Gasteiger partial charge < -0.3 is 10.1 Å². The normalized spacial score (nSPS) is 16.0. The Morgan fingerprint density at radius 3 is 2.52 bits per heavy atom. The molecule has 0 spiro atoms. The highest BCUT2D eigenvalue weighted by Crippen LogP contribution is 2.28. The second kappa shape index (κ2) is 7.05. The summed E-state index contributed by atoms with van der Waals surface area (Å²) in [5.41, 5.74) is 4.01. The smallest absolute Gasteiger partial charge is 0.177 e. The standard InChI is InChI=1S/C17H26N2O2/c1-5-21-16-10-12(2)17(14(4)13(16)3)15(20)11-19-8-6-18-7-9-19/h10,18H,5-9,11H2,1-4H3. The van der Waals surface area contributed by atoms with Gasteiger partial charge in [-0.1, -0.05) is 0 Å². The van der Waals surface area contributed by atoms with E-state index in [2.05, 4.69) is 10.2 Å². The molecule has 0 radical (unpaired) electrons. The number of ketones is 1. The van der Waals surface area contributed by atoms with Crippen molar-refractivity contribution < 1.29 is 9.53 Å². The van der Waals surface area contributed by atoms with E-state index >= 15 is 0 Å². The maximum absolute atomic E-state index is 12.7. The highest BCUT2D eigenvalue weighted by molar-refractivity contribution is 6.00. The maximum Gasteiger partial charge on any atom is 0.177 e. The Balaban J connectivity index is 2.22. The lowest BCUT2D eigenvalue weighted by Gasteiger charge is -2.27. The van der Waals surface area contributed by atoms with E-state index in [4.69, 9.17) is 4.74 Å². The number of hydrogen-bond acceptors (Lipinski definition) is 4. The van der Waals surface area contributed by atoms with Crippen LogP contribution < -0.4 is 10.1 Å². The van der Waals surface area contributed by atoms with Crippen molar-refractivity contribution in [3.05, 3.63) is 28.3 Å². The Hall–Kier alpha value is -1.39. The van der Waals surface area contributed by atoms with Crippen molar-refractivity contribution in [1.29, 1.82) is 0 Å². The SMILES string of the molecule is CCOc1cc(C)c(C(=O)CN2CCNCC2)c(C)c1C. The lowest BCUT2D eigenvalue weighted by atomic mass is 9.94. The minimum atomic E-state index is 0.220. The second-order valence-corrected chi connectivity index (χ2v) is 5.70. The first-order valence-corrected chi connectivity index (χ1v) is 7.74. The molecule has 1 aromatic rings. The fourth-order valence-corrected chi connectivity index (χ4v) is 2.93. The average molecular weight is 290 g/mol. The van der Waals surface area contributed by atoms with Crippen molar-refractivity contribution in [2.45, 2.75) is 27.7 Å². The molecule has 2 rings (SSSR count). The minimum absolute atomic E-state index is 0.220. The van der Waals surface area contributed by atoms with Crippen LogP contribution in [0, 0.1) is 20.8 Å². The van der Waals surface area contributed by atoms with Crippen LogP contribution in [-0.2, 0) is 0 Å². The molecule has 0 aliphatic carbocycles. The van der Waals surface area contributed by atoms with Gasteiger partial charge in [-0.3, -0.25) is 9.69 Å². The molecule has 4 heteroatoms. The summed E-state index contributed by atoms with van der Waals surface area (Å²) in [6, 6.07) is 2.00. The van der Waals surface area contributed by atoms with Gasteiger partial charge in [0.25, 0.3) is 0 Å². The molecule has 0 atom stereocenters. The van der Waals surface area contributed by atoms with Crippen LogP contribution in [0.1, 0.15) is 34.0 Å². The monoisotopic (exact) mass is 290 g/mol. The van der Waals surface area contributed by atoms with E-state index in [1.807, 2.05) is 33.8 Å². The number of nitrogens with one attached hydrogen (secondary N) is 1. The third kappa shape index (κ3) is 3.63. The van der Waals surface area contributed by atoms with Gasteiger partial charge in [-0.05, 0) is 50.5 Å². The molecule has 4 nitrogen and oxygen atoms in total. The summed E-state index contributed by atoms with van der Waals surface area (Å²) in [4.78, 5) is 14.9. The maximum atomic E-state index is 12.7. The first kappa shape index (κ1) is 16.0. The van der Waals surface area contributed by atoms with Crippen LogP contribution >= 0.6 is 0 Å². The number of benzene rings is 1. The first-order valence-electron chi connectivity index (χ1n) is 7.74. The van der Waals surface area contributed by atoms with Crippen molar-refractivity contribution in [2.24, 2.45) is 0 Å². The molecular formula is C17H26N2O2. The minimum Gasteiger partial charge on any atom is -0.494 e. The lowest BCUT2D eigenvalue weighted by Crippen LogP contribution is -2.45. The fourth-order valence-electron chi connectivity index (χ4n) is 2.93. The Labute approximate surface area is 127 Å². The molecule has 1 N–H and O–H groups in total. The average Bonchev–Trinajstić information content (AvgIpc) is 2.46. The molecule has 0 unspecified atom stereocenters. The zero-order valence-corrected chi connectivity index (χ0v) is 13.6. The fraction of sp³-hybridized carbons (Fsp3) is 0.588. The van der Waals surface area contributed by atoms with E-state index in [0.717, 1.165) is 54.2 Å². The highest BCUT2D eigenvalue weighted by atomic mass is 16.5. The molecule has 116 valence electrons. The highest BCUT2D eigenvalue weighted by Gasteiger charge is 2.20. The molecule has 1 aliphatic heterocycles. The van der Waals surface area contributed by atoms with Crippen molar-refractivity contribution in [1.82, 2.24) is 10.2 Å². The van der Waals surface area contributed by atoms with Crippen LogP contribution in [0.5, 0.6) is 5.75 Å². The predicted molar refractivity (Wildman–Crippen MR) is 85.5 cm³/mol. The summed E-state index contributed by atoms with van der Waals surface area (Å²) in [6.45, 7) is 13.0. The van der Waals surface area contributed by atoms with Gasteiger partial charge in [-0.2, -0.15) is 0 Å². The quantitative estimate of drug-likeness (QED) is 0.843. The summed E-state index contributed by atoms with van der Waals surface area (Å²) in [5.74, 6) is 1.12. The molecule has 1 fully saturated rings. The molecule has 1 heterocycles. The molecule has 1 aliphatic rings.